The lowest BCUT2D eigenvalue weighted by Crippen LogP contribution is -2.42. The molecule has 0 saturated carbocycles. The van der Waals surface area contributed by atoms with Crippen LogP contribution in [0.25, 0.3) is 0 Å². The van der Waals surface area contributed by atoms with Gasteiger partial charge in [-0.1, -0.05) is 0 Å². The number of benzene rings is 2. The normalized spacial score (nSPS) is 14.1. The van der Waals surface area contributed by atoms with Crippen molar-refractivity contribution in [2.75, 3.05) is 32.5 Å². The molecule has 3 amide bonds. The van der Waals surface area contributed by atoms with E-state index in [1.165, 1.54) is 43.3 Å². The number of hydrogen-bond acceptors (Lipinski definition) is 4. The standard InChI is InChI=1S/C22H22F3N3O4/c1-27(2)22(31)20(29)26-19-11-16(17(24)12-18(19)25)21(30)28-9-7-15(8-10-28)32-14-5-3-13(23)4-6-14/h3-6,11-12,15H,7-10H2,1-2H3,(H,26,29). The Labute approximate surface area is 182 Å². The van der Waals surface area contributed by atoms with Crippen molar-refractivity contribution in [3.63, 3.8) is 0 Å². The topological polar surface area (TPSA) is 79.0 Å². The van der Waals surface area contributed by atoms with Gasteiger partial charge in [0.1, 0.15) is 29.3 Å². The van der Waals surface area contributed by atoms with Gasteiger partial charge in [0.05, 0.1) is 11.3 Å². The molecule has 1 N–H and O–H groups in total. The number of carbonyl (C=O) groups is 3. The summed E-state index contributed by atoms with van der Waals surface area (Å²) in [7, 11) is 2.70. The number of ether oxygens (including phenoxy) is 1. The SMILES string of the molecule is CN(C)C(=O)C(=O)Nc1cc(C(=O)N2CCC(Oc3ccc(F)cc3)CC2)c(F)cc1F. The minimum atomic E-state index is -1.11. The van der Waals surface area contributed by atoms with E-state index in [2.05, 4.69) is 5.32 Å². The van der Waals surface area contributed by atoms with Gasteiger partial charge in [-0.2, -0.15) is 0 Å². The molecule has 170 valence electrons. The average molecular weight is 449 g/mol. The number of anilines is 1. The van der Waals surface area contributed by atoms with Gasteiger partial charge in [0.25, 0.3) is 5.91 Å². The number of amides is 3. The molecule has 3 rings (SSSR count). The number of likely N-dealkylation sites (tertiary alicyclic amines) is 1. The van der Waals surface area contributed by atoms with E-state index in [9.17, 15) is 27.6 Å². The van der Waals surface area contributed by atoms with Crippen LogP contribution in [0.15, 0.2) is 36.4 Å². The first-order chi connectivity index (χ1) is 15.2. The van der Waals surface area contributed by atoms with Gasteiger partial charge < -0.3 is 19.9 Å². The summed E-state index contributed by atoms with van der Waals surface area (Å²) < 4.78 is 47.2. The molecule has 1 saturated heterocycles. The zero-order chi connectivity index (χ0) is 23.4. The molecule has 32 heavy (non-hydrogen) atoms. The van der Waals surface area contributed by atoms with Crippen LogP contribution in [0.2, 0.25) is 0 Å². The lowest BCUT2D eigenvalue weighted by Gasteiger charge is -2.32. The molecule has 0 aromatic heterocycles. The minimum absolute atomic E-state index is 0.200. The van der Waals surface area contributed by atoms with Crippen molar-refractivity contribution in [1.82, 2.24) is 9.80 Å². The number of hydrogen-bond donors (Lipinski definition) is 1. The number of halogens is 3. The maximum atomic E-state index is 14.3. The molecule has 0 aliphatic carbocycles. The van der Waals surface area contributed by atoms with Crippen LogP contribution in [-0.4, -0.2) is 60.8 Å². The number of rotatable bonds is 4. The van der Waals surface area contributed by atoms with Crippen LogP contribution in [0.5, 0.6) is 5.75 Å². The van der Waals surface area contributed by atoms with Crippen molar-refractivity contribution < 1.29 is 32.3 Å². The van der Waals surface area contributed by atoms with E-state index in [0.29, 0.717) is 24.7 Å². The van der Waals surface area contributed by atoms with Crippen molar-refractivity contribution in [3.8, 4) is 5.75 Å². The van der Waals surface area contributed by atoms with Crippen molar-refractivity contribution in [2.24, 2.45) is 0 Å². The van der Waals surface area contributed by atoms with Crippen LogP contribution in [-0.2, 0) is 9.59 Å². The highest BCUT2D eigenvalue weighted by molar-refractivity contribution is 6.39. The van der Waals surface area contributed by atoms with Gasteiger partial charge in [0.15, 0.2) is 0 Å². The molecule has 0 spiro atoms. The summed E-state index contributed by atoms with van der Waals surface area (Å²) in [6.07, 6.45) is 0.731. The Balaban J connectivity index is 1.66. The van der Waals surface area contributed by atoms with Gasteiger partial charge in [-0.25, -0.2) is 13.2 Å². The molecule has 10 heteroatoms. The first kappa shape index (κ1) is 23.1. The summed E-state index contributed by atoms with van der Waals surface area (Å²) >= 11 is 0. The van der Waals surface area contributed by atoms with Gasteiger partial charge in [0, 0.05) is 46.1 Å². The highest BCUT2D eigenvalue weighted by atomic mass is 19.1. The van der Waals surface area contributed by atoms with Crippen LogP contribution >= 0.6 is 0 Å². The predicted octanol–water partition coefficient (Wildman–Crippen LogP) is 2.81. The maximum absolute atomic E-state index is 14.3. The molecule has 1 fully saturated rings. The van der Waals surface area contributed by atoms with E-state index in [4.69, 9.17) is 4.74 Å². The number of nitrogens with zero attached hydrogens (tertiary/aromatic N) is 2. The van der Waals surface area contributed by atoms with E-state index in [-0.39, 0.29) is 25.0 Å². The first-order valence-corrected chi connectivity index (χ1v) is 9.89. The van der Waals surface area contributed by atoms with Crippen molar-refractivity contribution in [3.05, 3.63) is 59.4 Å². The minimum Gasteiger partial charge on any atom is -0.490 e. The monoisotopic (exact) mass is 449 g/mol. The molecule has 0 atom stereocenters. The molecular weight excluding hydrogens is 427 g/mol. The second kappa shape index (κ2) is 9.71. The summed E-state index contributed by atoms with van der Waals surface area (Å²) in [5.41, 5.74) is -0.888. The van der Waals surface area contributed by atoms with Crippen molar-refractivity contribution in [1.29, 1.82) is 0 Å². The molecule has 1 heterocycles. The lowest BCUT2D eigenvalue weighted by molar-refractivity contribution is -0.141. The third-order valence-electron chi connectivity index (χ3n) is 4.98. The zero-order valence-corrected chi connectivity index (χ0v) is 17.5. The maximum Gasteiger partial charge on any atom is 0.313 e. The molecule has 0 bridgehead atoms. The highest BCUT2D eigenvalue weighted by Gasteiger charge is 2.28. The summed E-state index contributed by atoms with van der Waals surface area (Å²) in [5.74, 6) is -4.76. The Hall–Kier alpha value is -3.56. The largest absolute Gasteiger partial charge is 0.490 e. The van der Waals surface area contributed by atoms with Gasteiger partial charge in [0.2, 0.25) is 0 Å². The van der Waals surface area contributed by atoms with Crippen LogP contribution in [0.4, 0.5) is 18.9 Å². The molecule has 1 aliphatic rings. The van der Waals surface area contributed by atoms with E-state index in [1.807, 2.05) is 0 Å². The fourth-order valence-electron chi connectivity index (χ4n) is 3.24. The lowest BCUT2D eigenvalue weighted by atomic mass is 10.1. The Morgan fingerprint density at radius 1 is 1.00 bits per heavy atom. The smallest absolute Gasteiger partial charge is 0.313 e. The first-order valence-electron chi connectivity index (χ1n) is 9.89. The summed E-state index contributed by atoms with van der Waals surface area (Å²) in [6.45, 7) is 0.532. The van der Waals surface area contributed by atoms with Gasteiger partial charge in [-0.05, 0) is 30.3 Å². The number of carbonyl (C=O) groups excluding carboxylic acids is 3. The molecule has 2 aromatic carbocycles. The van der Waals surface area contributed by atoms with Gasteiger partial charge in [-0.15, -0.1) is 0 Å². The fraction of sp³-hybridized carbons (Fsp3) is 0.318. The van der Waals surface area contributed by atoms with Crippen molar-refractivity contribution in [2.45, 2.75) is 18.9 Å². The second-order valence-electron chi connectivity index (χ2n) is 7.53. The summed E-state index contributed by atoms with van der Waals surface area (Å²) in [5, 5.41) is 2.07. The van der Waals surface area contributed by atoms with Crippen LogP contribution in [0, 0.1) is 17.5 Å². The molecule has 2 aromatic rings. The molecule has 0 unspecified atom stereocenters. The highest BCUT2D eigenvalue weighted by Crippen LogP contribution is 2.24. The Kier molecular flexibility index (Phi) is 7.01. The summed E-state index contributed by atoms with van der Waals surface area (Å²) in [6, 6.07) is 6.97. The predicted molar refractivity (Wildman–Crippen MR) is 110 cm³/mol. The van der Waals surface area contributed by atoms with Gasteiger partial charge in [-0.3, -0.25) is 14.4 Å². The van der Waals surface area contributed by atoms with Crippen LogP contribution in [0.3, 0.4) is 0 Å². The number of likely N-dealkylation sites (N-methyl/N-ethyl adjacent to an activating group) is 1. The number of nitrogens with one attached hydrogen (secondary N) is 1. The molecular formula is C22H22F3N3O4. The van der Waals surface area contributed by atoms with E-state index in [0.717, 1.165) is 11.0 Å². The second-order valence-corrected chi connectivity index (χ2v) is 7.53. The van der Waals surface area contributed by atoms with E-state index < -0.39 is 40.6 Å². The molecule has 7 nitrogen and oxygen atoms in total. The zero-order valence-electron chi connectivity index (χ0n) is 17.5. The Morgan fingerprint density at radius 3 is 2.22 bits per heavy atom. The third-order valence-corrected chi connectivity index (χ3v) is 4.98. The van der Waals surface area contributed by atoms with Gasteiger partial charge >= 0.3 is 11.8 Å². The Morgan fingerprint density at radius 2 is 1.62 bits per heavy atom. The van der Waals surface area contributed by atoms with Crippen LogP contribution < -0.4 is 10.1 Å². The summed E-state index contributed by atoms with van der Waals surface area (Å²) in [4.78, 5) is 38.8. The van der Waals surface area contributed by atoms with Crippen LogP contribution in [0.1, 0.15) is 23.2 Å². The number of piperidine rings is 1. The third kappa shape index (κ3) is 5.37. The van der Waals surface area contributed by atoms with E-state index >= 15 is 0 Å². The quantitative estimate of drug-likeness (QED) is 0.729. The Bertz CT molecular complexity index is 1020. The average Bonchev–Trinajstić information content (AvgIpc) is 2.76. The molecule has 0 radical (unpaired) electrons. The van der Waals surface area contributed by atoms with Crippen molar-refractivity contribution >= 4 is 23.4 Å². The fourth-order valence-corrected chi connectivity index (χ4v) is 3.24. The molecule has 1 aliphatic heterocycles. The van der Waals surface area contributed by atoms with E-state index in [1.54, 1.807) is 0 Å².